The summed E-state index contributed by atoms with van der Waals surface area (Å²) in [7, 11) is 1.67. The van der Waals surface area contributed by atoms with Crippen molar-refractivity contribution in [1.82, 2.24) is 10.2 Å². The number of aliphatic carboxylic acids is 1. The van der Waals surface area contributed by atoms with Crippen LogP contribution in [0.4, 0.5) is 0 Å². The maximum absolute atomic E-state index is 12.1. The molecule has 6 atom stereocenters. The van der Waals surface area contributed by atoms with Crippen LogP contribution in [0.25, 0.3) is 0 Å². The van der Waals surface area contributed by atoms with E-state index in [4.69, 9.17) is 5.73 Å². The van der Waals surface area contributed by atoms with E-state index in [1.54, 1.807) is 7.05 Å². The first kappa shape index (κ1) is 21.3. The molecule has 6 unspecified atom stereocenters. The highest BCUT2D eigenvalue weighted by Crippen LogP contribution is 2.75. The van der Waals surface area contributed by atoms with Gasteiger partial charge in [-0.2, -0.15) is 0 Å². The van der Waals surface area contributed by atoms with Gasteiger partial charge in [-0.25, -0.2) is 4.79 Å². The molecular weight excluding hydrogens is 384 g/mol. The Morgan fingerprint density at radius 2 is 2.20 bits per heavy atom. The fourth-order valence-electron chi connectivity index (χ4n) is 7.42. The highest BCUT2D eigenvalue weighted by atomic mass is 16.4. The summed E-state index contributed by atoms with van der Waals surface area (Å²) < 4.78 is 0. The van der Waals surface area contributed by atoms with E-state index < -0.39 is 12.1 Å². The maximum atomic E-state index is 12.1. The number of aliphatic hydroxyl groups is 2. The minimum Gasteiger partial charge on any atom is -0.478 e. The Morgan fingerprint density at radius 3 is 2.87 bits per heavy atom. The van der Waals surface area contributed by atoms with E-state index in [9.17, 15) is 20.1 Å². The van der Waals surface area contributed by atoms with Crippen molar-refractivity contribution in [2.45, 2.75) is 38.7 Å². The van der Waals surface area contributed by atoms with Gasteiger partial charge in [-0.05, 0) is 49.0 Å². The average Bonchev–Trinajstić information content (AvgIpc) is 3.09. The van der Waals surface area contributed by atoms with Gasteiger partial charge in [-0.1, -0.05) is 13.0 Å². The first-order valence-electron chi connectivity index (χ1n) is 11.0. The zero-order valence-electron chi connectivity index (χ0n) is 17.8. The number of aliphatic imine (C=N–C) groups is 1. The third-order valence-corrected chi connectivity index (χ3v) is 8.51. The van der Waals surface area contributed by atoms with Gasteiger partial charge in [0.1, 0.15) is 0 Å². The minimum atomic E-state index is -0.989. The summed E-state index contributed by atoms with van der Waals surface area (Å²) in [4.78, 5) is 18.3. The van der Waals surface area contributed by atoms with Gasteiger partial charge >= 0.3 is 5.97 Å². The summed E-state index contributed by atoms with van der Waals surface area (Å²) >= 11 is 0. The number of guanidine groups is 1. The van der Waals surface area contributed by atoms with Crippen molar-refractivity contribution in [1.29, 1.82) is 0 Å². The second-order valence-corrected chi connectivity index (χ2v) is 9.39. The van der Waals surface area contributed by atoms with Crippen LogP contribution in [0.1, 0.15) is 32.6 Å². The lowest BCUT2D eigenvalue weighted by Crippen LogP contribution is -2.62. The van der Waals surface area contributed by atoms with Gasteiger partial charge in [0, 0.05) is 43.7 Å². The number of carboxylic acid groups (broad SMARTS) is 1. The van der Waals surface area contributed by atoms with Gasteiger partial charge in [0.2, 0.25) is 0 Å². The summed E-state index contributed by atoms with van der Waals surface area (Å²) in [5, 5.41) is 33.4. The zero-order chi connectivity index (χ0) is 21.7. The molecule has 2 bridgehead atoms. The molecule has 1 aliphatic heterocycles. The molecule has 3 aliphatic carbocycles. The topological polar surface area (TPSA) is 131 Å². The molecule has 0 aromatic carbocycles. The largest absolute Gasteiger partial charge is 0.478 e. The Hall–Kier alpha value is -1.90. The molecular formula is C22H34N4O4. The van der Waals surface area contributed by atoms with Gasteiger partial charge in [-0.3, -0.25) is 4.99 Å². The summed E-state index contributed by atoms with van der Waals surface area (Å²) in [5.41, 5.74) is 6.79. The quantitative estimate of drug-likeness (QED) is 0.250. The van der Waals surface area contributed by atoms with Crippen LogP contribution in [0, 0.1) is 28.6 Å². The van der Waals surface area contributed by atoms with Crippen LogP contribution in [0.15, 0.2) is 28.4 Å². The number of rotatable bonds is 5. The lowest BCUT2D eigenvalue weighted by Gasteiger charge is -2.60. The predicted molar refractivity (Wildman–Crippen MR) is 113 cm³/mol. The third kappa shape index (κ3) is 2.70. The van der Waals surface area contributed by atoms with Crippen molar-refractivity contribution < 1.29 is 20.1 Å². The Morgan fingerprint density at radius 1 is 1.43 bits per heavy atom. The van der Waals surface area contributed by atoms with E-state index in [0.717, 1.165) is 24.8 Å². The Bertz CT molecular complexity index is 809. The molecule has 4 rings (SSSR count). The molecule has 2 spiro atoms. The first-order chi connectivity index (χ1) is 14.3. The summed E-state index contributed by atoms with van der Waals surface area (Å²) in [6.45, 7) is 4.17. The van der Waals surface area contributed by atoms with E-state index in [0.29, 0.717) is 37.9 Å². The Labute approximate surface area is 177 Å². The van der Waals surface area contributed by atoms with Crippen molar-refractivity contribution in [2.75, 3.05) is 33.3 Å². The zero-order valence-corrected chi connectivity index (χ0v) is 17.8. The normalized spacial score (nSPS) is 40.4. The number of hydrogen-bond donors (Lipinski definition) is 5. The van der Waals surface area contributed by atoms with Crippen LogP contribution in [0.2, 0.25) is 0 Å². The number of carboxylic acids is 1. The van der Waals surface area contributed by atoms with E-state index in [1.165, 1.54) is 0 Å². The van der Waals surface area contributed by atoms with Crippen molar-refractivity contribution in [3.05, 3.63) is 23.4 Å². The standard InChI is InChI=1S/C22H34N4O4/c1-13-3-4-14-9-16-18(19(29)30)17(28)10-21(13,16)22(14)12-26(20(23)24-2)7-5-15(22)11-25-6-8-27/h5,7,13-15,17,25,27-28H,3-4,6,8-12H2,1-2H3,(H2,23,24)(H,29,30). The highest BCUT2D eigenvalue weighted by molar-refractivity contribution is 5.90. The number of carbonyl (C=O) groups is 1. The maximum Gasteiger partial charge on any atom is 0.334 e. The Balaban J connectivity index is 1.88. The SMILES string of the molecule is CN=C(N)N1C=CC(CNCCO)C2(C1)C1CCC(C)C23CC(O)C(C(=O)O)=C3C1. The summed E-state index contributed by atoms with van der Waals surface area (Å²) in [6.07, 6.45) is 6.49. The molecule has 6 N–H and O–H groups in total. The molecule has 30 heavy (non-hydrogen) atoms. The van der Waals surface area contributed by atoms with E-state index in [-0.39, 0.29) is 34.8 Å². The van der Waals surface area contributed by atoms with Gasteiger partial charge in [0.05, 0.1) is 18.3 Å². The molecule has 0 aromatic rings. The number of nitrogens with two attached hydrogens (primary N) is 1. The van der Waals surface area contributed by atoms with Crippen molar-refractivity contribution >= 4 is 11.9 Å². The van der Waals surface area contributed by atoms with Gasteiger partial charge < -0.3 is 31.3 Å². The van der Waals surface area contributed by atoms with Crippen LogP contribution in [0.3, 0.4) is 0 Å². The number of hydrogen-bond acceptors (Lipinski definition) is 5. The number of allylic oxidation sites excluding steroid dienone is 1. The van der Waals surface area contributed by atoms with Crippen LogP contribution in [-0.4, -0.2) is 71.5 Å². The molecule has 2 fully saturated rings. The van der Waals surface area contributed by atoms with Gasteiger partial charge in [0.15, 0.2) is 5.96 Å². The van der Waals surface area contributed by atoms with Crippen LogP contribution in [-0.2, 0) is 4.79 Å². The minimum absolute atomic E-state index is 0.0724. The van der Waals surface area contributed by atoms with Gasteiger partial charge in [0.25, 0.3) is 0 Å². The third-order valence-electron chi connectivity index (χ3n) is 8.51. The van der Waals surface area contributed by atoms with Gasteiger partial charge in [-0.15, -0.1) is 0 Å². The monoisotopic (exact) mass is 418 g/mol. The predicted octanol–water partition coefficient (Wildman–Crippen LogP) is 0.527. The molecule has 4 aliphatic rings. The first-order valence-corrected chi connectivity index (χ1v) is 11.0. The van der Waals surface area contributed by atoms with E-state index in [2.05, 4.69) is 23.3 Å². The summed E-state index contributed by atoms with van der Waals surface area (Å²) in [6, 6.07) is 0. The van der Waals surface area contributed by atoms with Crippen LogP contribution in [0.5, 0.6) is 0 Å². The molecule has 2 saturated carbocycles. The molecule has 0 aromatic heterocycles. The Kier molecular flexibility index (Phi) is 5.45. The molecule has 8 nitrogen and oxygen atoms in total. The number of nitrogens with one attached hydrogen (secondary N) is 1. The molecule has 1 heterocycles. The van der Waals surface area contributed by atoms with Crippen molar-refractivity contribution in [3.8, 4) is 0 Å². The smallest absolute Gasteiger partial charge is 0.334 e. The van der Waals surface area contributed by atoms with Crippen molar-refractivity contribution in [2.24, 2.45) is 39.3 Å². The van der Waals surface area contributed by atoms with Crippen LogP contribution < -0.4 is 11.1 Å². The second kappa shape index (κ2) is 7.66. The average molecular weight is 419 g/mol. The van der Waals surface area contributed by atoms with E-state index in [1.807, 2.05) is 11.1 Å². The van der Waals surface area contributed by atoms with E-state index >= 15 is 0 Å². The fourth-order valence-corrected chi connectivity index (χ4v) is 7.42. The molecule has 8 heteroatoms. The molecule has 0 saturated heterocycles. The number of aliphatic hydroxyl groups excluding tert-OH is 2. The molecule has 166 valence electrons. The highest BCUT2D eigenvalue weighted by Gasteiger charge is 2.72. The molecule has 0 radical (unpaired) electrons. The van der Waals surface area contributed by atoms with Crippen molar-refractivity contribution in [3.63, 3.8) is 0 Å². The number of nitrogens with zero attached hydrogens (tertiary/aromatic N) is 2. The second-order valence-electron chi connectivity index (χ2n) is 9.39. The lowest BCUT2D eigenvalue weighted by molar-refractivity contribution is -0.133. The lowest BCUT2D eigenvalue weighted by atomic mass is 9.46. The van der Waals surface area contributed by atoms with Crippen LogP contribution >= 0.6 is 0 Å². The fraction of sp³-hybridized carbons (Fsp3) is 0.727. The molecule has 0 amide bonds. The summed E-state index contributed by atoms with van der Waals surface area (Å²) in [5.74, 6) is 0.200.